The summed E-state index contributed by atoms with van der Waals surface area (Å²) in [6, 6.07) is 10.9. The number of benzene rings is 1. The molecule has 1 aliphatic carbocycles. The maximum absolute atomic E-state index is 12.9. The predicted molar refractivity (Wildman–Crippen MR) is 107 cm³/mol. The Bertz CT molecular complexity index is 689. The van der Waals surface area contributed by atoms with E-state index in [0.717, 1.165) is 18.4 Å². The van der Waals surface area contributed by atoms with Crippen LogP contribution in [0.25, 0.3) is 0 Å². The summed E-state index contributed by atoms with van der Waals surface area (Å²) in [7, 11) is 0. The second-order valence-electron chi connectivity index (χ2n) is 8.25. The maximum atomic E-state index is 12.9. The van der Waals surface area contributed by atoms with Crippen molar-refractivity contribution < 1.29 is 14.3 Å². The van der Waals surface area contributed by atoms with Crippen LogP contribution < -0.4 is 10.6 Å². The number of amides is 2. The van der Waals surface area contributed by atoms with Crippen LogP contribution in [-0.2, 0) is 16.1 Å². The van der Waals surface area contributed by atoms with Crippen LogP contribution in [0.3, 0.4) is 0 Å². The van der Waals surface area contributed by atoms with E-state index in [0.29, 0.717) is 25.2 Å². The van der Waals surface area contributed by atoms with Gasteiger partial charge in [0.15, 0.2) is 0 Å². The van der Waals surface area contributed by atoms with Gasteiger partial charge >= 0.3 is 6.09 Å². The smallest absolute Gasteiger partial charge is 0.408 e. The van der Waals surface area contributed by atoms with Crippen molar-refractivity contribution in [2.24, 2.45) is 11.8 Å². The van der Waals surface area contributed by atoms with Gasteiger partial charge in [-0.05, 0) is 49.5 Å². The molecule has 1 fully saturated rings. The molecular weight excluding hydrogens is 354 g/mol. The normalized spacial score (nSPS) is 22.8. The first-order chi connectivity index (χ1) is 13.3. The van der Waals surface area contributed by atoms with Crippen molar-refractivity contribution in [2.75, 3.05) is 0 Å². The topological polar surface area (TPSA) is 91.2 Å². The molecule has 1 unspecified atom stereocenters. The molecule has 152 valence electrons. The van der Waals surface area contributed by atoms with Gasteiger partial charge in [-0.2, -0.15) is 5.26 Å². The van der Waals surface area contributed by atoms with E-state index in [9.17, 15) is 14.9 Å². The molecule has 1 aliphatic rings. The molecule has 6 heteroatoms. The van der Waals surface area contributed by atoms with Gasteiger partial charge < -0.3 is 15.4 Å². The number of carbonyl (C=O) groups excluding carboxylic acids is 2. The Morgan fingerprint density at radius 3 is 2.46 bits per heavy atom. The minimum absolute atomic E-state index is 0.142. The second-order valence-corrected chi connectivity index (χ2v) is 8.25. The quantitative estimate of drug-likeness (QED) is 0.744. The van der Waals surface area contributed by atoms with E-state index in [2.05, 4.69) is 23.6 Å². The lowest BCUT2D eigenvalue weighted by atomic mass is 9.78. The fourth-order valence-corrected chi connectivity index (χ4v) is 3.45. The third kappa shape index (κ3) is 6.56. The van der Waals surface area contributed by atoms with Gasteiger partial charge in [0.1, 0.15) is 18.2 Å². The van der Waals surface area contributed by atoms with E-state index < -0.39 is 17.7 Å². The van der Waals surface area contributed by atoms with Gasteiger partial charge in [0.2, 0.25) is 5.91 Å². The third-order valence-corrected chi connectivity index (χ3v) is 5.23. The van der Waals surface area contributed by atoms with E-state index in [4.69, 9.17) is 4.74 Å². The monoisotopic (exact) mass is 385 g/mol. The van der Waals surface area contributed by atoms with Gasteiger partial charge in [0.05, 0.1) is 6.07 Å². The largest absolute Gasteiger partial charge is 0.445 e. The Labute approximate surface area is 167 Å². The number of alkyl carbamates (subject to hydrolysis) is 1. The predicted octanol–water partition coefficient (Wildman–Crippen LogP) is 3.92. The molecular formula is C22H31N3O3. The third-order valence-electron chi connectivity index (χ3n) is 5.23. The zero-order valence-electron chi connectivity index (χ0n) is 17.0. The molecule has 2 amide bonds. The Morgan fingerprint density at radius 2 is 1.89 bits per heavy atom. The van der Waals surface area contributed by atoms with E-state index in [1.54, 1.807) is 0 Å². The van der Waals surface area contributed by atoms with Crippen LogP contribution in [0.2, 0.25) is 0 Å². The van der Waals surface area contributed by atoms with Gasteiger partial charge in [-0.1, -0.05) is 51.1 Å². The molecule has 6 nitrogen and oxygen atoms in total. The van der Waals surface area contributed by atoms with Crippen molar-refractivity contribution >= 4 is 12.0 Å². The van der Waals surface area contributed by atoms with Crippen molar-refractivity contribution in [3.63, 3.8) is 0 Å². The van der Waals surface area contributed by atoms with E-state index >= 15 is 0 Å². The van der Waals surface area contributed by atoms with Crippen molar-refractivity contribution in [1.29, 1.82) is 5.26 Å². The van der Waals surface area contributed by atoms with Crippen LogP contribution in [0, 0.1) is 23.2 Å². The van der Waals surface area contributed by atoms with Crippen LogP contribution in [-0.4, -0.2) is 23.6 Å². The molecule has 0 spiro atoms. The molecule has 2 N–H and O–H groups in total. The summed E-state index contributed by atoms with van der Waals surface area (Å²) in [5, 5.41) is 15.2. The minimum atomic E-state index is -0.839. The Balaban J connectivity index is 1.96. The second kappa shape index (κ2) is 10.1. The highest BCUT2D eigenvalue weighted by Crippen LogP contribution is 2.31. The number of nitriles is 1. The van der Waals surface area contributed by atoms with Crippen LogP contribution in [0.5, 0.6) is 0 Å². The average molecular weight is 386 g/mol. The number of hydrogen-bond donors (Lipinski definition) is 2. The molecule has 1 atom stereocenters. The zero-order chi connectivity index (χ0) is 20.6. The standard InChI is InChI=1S/C22H31N3O3/c1-16(2)13-19(24-21(27)28-14-18-7-5-4-6-8-18)20(26)25-22(15-23)11-9-17(3)10-12-22/h4-8,16-17,19H,9-14H2,1-3H3,(H,24,27)(H,25,26). The molecule has 0 heterocycles. The van der Waals surface area contributed by atoms with Crippen LogP contribution in [0.4, 0.5) is 4.79 Å². The van der Waals surface area contributed by atoms with Crippen LogP contribution in [0.1, 0.15) is 58.4 Å². The SMILES string of the molecule is CC(C)CC(NC(=O)OCc1ccccc1)C(=O)NC1(C#N)CCC(C)CC1. The first-order valence-electron chi connectivity index (χ1n) is 10.0. The summed E-state index contributed by atoms with van der Waals surface area (Å²) >= 11 is 0. The molecule has 28 heavy (non-hydrogen) atoms. The Kier molecular flexibility index (Phi) is 7.86. The van der Waals surface area contributed by atoms with Crippen molar-refractivity contribution in [3.05, 3.63) is 35.9 Å². The summed E-state index contributed by atoms with van der Waals surface area (Å²) in [5.41, 5.74) is 0.0383. The van der Waals surface area contributed by atoms with E-state index in [-0.39, 0.29) is 18.4 Å². The first-order valence-corrected chi connectivity index (χ1v) is 10.0. The lowest BCUT2D eigenvalue weighted by molar-refractivity contribution is -0.125. The number of hydrogen-bond acceptors (Lipinski definition) is 4. The minimum Gasteiger partial charge on any atom is -0.445 e. The van der Waals surface area contributed by atoms with Gasteiger partial charge in [0, 0.05) is 0 Å². The van der Waals surface area contributed by atoms with Gasteiger partial charge in [0.25, 0.3) is 0 Å². The summed E-state index contributed by atoms with van der Waals surface area (Å²) in [6.45, 7) is 6.27. The number of nitrogens with one attached hydrogen (secondary N) is 2. The summed E-state index contributed by atoms with van der Waals surface area (Å²) in [6.07, 6.45) is 2.95. The Hall–Kier alpha value is -2.55. The summed E-state index contributed by atoms with van der Waals surface area (Å²) < 4.78 is 5.25. The lowest BCUT2D eigenvalue weighted by Gasteiger charge is -2.35. The summed E-state index contributed by atoms with van der Waals surface area (Å²) in [5.74, 6) is 0.451. The number of nitrogens with zero attached hydrogens (tertiary/aromatic N) is 1. The molecule has 0 aliphatic heterocycles. The molecule has 0 saturated heterocycles. The van der Waals surface area contributed by atoms with Gasteiger partial charge in [-0.25, -0.2) is 4.79 Å². The number of ether oxygens (including phenoxy) is 1. The fourth-order valence-electron chi connectivity index (χ4n) is 3.45. The number of carbonyl (C=O) groups is 2. The molecule has 0 bridgehead atoms. The van der Waals surface area contributed by atoms with E-state index in [1.165, 1.54) is 0 Å². The Morgan fingerprint density at radius 1 is 1.25 bits per heavy atom. The number of rotatable bonds is 7. The van der Waals surface area contributed by atoms with E-state index in [1.807, 2.05) is 44.2 Å². The summed E-state index contributed by atoms with van der Waals surface area (Å²) in [4.78, 5) is 25.1. The fraction of sp³-hybridized carbons (Fsp3) is 0.591. The van der Waals surface area contributed by atoms with Crippen LogP contribution >= 0.6 is 0 Å². The highest BCUT2D eigenvalue weighted by molar-refractivity contribution is 5.86. The molecule has 1 aromatic carbocycles. The average Bonchev–Trinajstić information content (AvgIpc) is 2.68. The first kappa shape index (κ1) is 21.7. The van der Waals surface area contributed by atoms with Crippen LogP contribution in [0.15, 0.2) is 30.3 Å². The highest BCUT2D eigenvalue weighted by atomic mass is 16.5. The van der Waals surface area contributed by atoms with Gasteiger partial charge in [-0.15, -0.1) is 0 Å². The lowest BCUT2D eigenvalue weighted by Crippen LogP contribution is -2.56. The highest BCUT2D eigenvalue weighted by Gasteiger charge is 2.37. The molecule has 0 aromatic heterocycles. The molecule has 1 saturated carbocycles. The maximum Gasteiger partial charge on any atom is 0.408 e. The van der Waals surface area contributed by atoms with Crippen molar-refractivity contribution in [2.45, 2.75) is 71.1 Å². The molecule has 0 radical (unpaired) electrons. The molecule has 1 aromatic rings. The van der Waals surface area contributed by atoms with Gasteiger partial charge in [-0.3, -0.25) is 4.79 Å². The van der Waals surface area contributed by atoms with Crippen molar-refractivity contribution in [1.82, 2.24) is 10.6 Å². The zero-order valence-corrected chi connectivity index (χ0v) is 17.0. The van der Waals surface area contributed by atoms with Crippen molar-refractivity contribution in [3.8, 4) is 6.07 Å². The molecule has 2 rings (SSSR count).